The lowest BCUT2D eigenvalue weighted by Gasteiger charge is -2.47. The fourth-order valence-corrected chi connectivity index (χ4v) is 4.05. The van der Waals surface area contributed by atoms with Crippen molar-refractivity contribution >= 4 is 0 Å². The van der Waals surface area contributed by atoms with Crippen LogP contribution >= 0.6 is 0 Å². The van der Waals surface area contributed by atoms with Crippen molar-refractivity contribution in [3.63, 3.8) is 0 Å². The van der Waals surface area contributed by atoms with E-state index in [0.717, 1.165) is 0 Å². The van der Waals surface area contributed by atoms with Gasteiger partial charge in [-0.25, -0.2) is 0 Å². The second-order valence-corrected chi connectivity index (χ2v) is 8.33. The summed E-state index contributed by atoms with van der Waals surface area (Å²) in [4.78, 5) is 0. The second kappa shape index (κ2) is 11.6. The van der Waals surface area contributed by atoms with Gasteiger partial charge in [0.2, 0.25) is 0 Å². The summed E-state index contributed by atoms with van der Waals surface area (Å²) < 4.78 is 26.4. The van der Waals surface area contributed by atoms with Crippen LogP contribution < -0.4 is 0 Å². The molecule has 3 rings (SSSR count). The minimum absolute atomic E-state index is 0.759. The van der Waals surface area contributed by atoms with Crippen molar-refractivity contribution in [2.24, 2.45) is 0 Å². The molecule has 0 aromatic heterocycles. The van der Waals surface area contributed by atoms with Crippen LogP contribution in [0.15, 0.2) is 0 Å². The zero-order chi connectivity index (χ0) is 25.3. The number of aliphatic hydroxyl groups excluding tert-OH is 11. The van der Waals surface area contributed by atoms with Crippen LogP contribution in [0.2, 0.25) is 0 Å². The molecular weight excluding hydrogens is 472 g/mol. The van der Waals surface area contributed by atoms with Crippen molar-refractivity contribution in [3.8, 4) is 0 Å². The molecule has 0 saturated carbocycles. The van der Waals surface area contributed by atoms with E-state index in [2.05, 4.69) is 0 Å². The van der Waals surface area contributed by atoms with Gasteiger partial charge in [-0.15, -0.1) is 0 Å². The molecule has 3 heterocycles. The van der Waals surface area contributed by atoms with Crippen molar-refractivity contribution in [2.75, 3.05) is 19.8 Å². The van der Waals surface area contributed by atoms with Crippen LogP contribution in [0.5, 0.6) is 0 Å². The van der Waals surface area contributed by atoms with Gasteiger partial charge in [-0.1, -0.05) is 0 Å². The SMILES string of the molecule is OC[C@H]1OC(O[C@@H]2[C@@H](O)[C@@H](O[C@H]3[C@H](O)[C@@H](O)[C@H](O)O[C@@H]3CO)O[C@H](CO)[C@H]2O)[C@H](O)[C@@H](O)[C@@H]1O. The summed E-state index contributed by atoms with van der Waals surface area (Å²) >= 11 is 0. The highest BCUT2D eigenvalue weighted by Gasteiger charge is 2.53. The minimum Gasteiger partial charge on any atom is -0.394 e. The van der Waals surface area contributed by atoms with Crippen molar-refractivity contribution in [1.82, 2.24) is 0 Å². The van der Waals surface area contributed by atoms with E-state index < -0.39 is 112 Å². The Morgan fingerprint density at radius 2 is 0.941 bits per heavy atom. The van der Waals surface area contributed by atoms with E-state index in [9.17, 15) is 56.2 Å². The molecule has 34 heavy (non-hydrogen) atoms. The third kappa shape index (κ3) is 5.37. The highest BCUT2D eigenvalue weighted by atomic mass is 16.7. The number of rotatable bonds is 7. The first-order valence-electron chi connectivity index (χ1n) is 10.6. The van der Waals surface area contributed by atoms with E-state index in [0.29, 0.717) is 0 Å². The van der Waals surface area contributed by atoms with Gasteiger partial charge in [-0.3, -0.25) is 0 Å². The number of ether oxygens (including phenoxy) is 5. The number of hydrogen-bond acceptors (Lipinski definition) is 16. The topological polar surface area (TPSA) is 269 Å². The highest BCUT2D eigenvalue weighted by molar-refractivity contribution is 4.96. The average Bonchev–Trinajstić information content (AvgIpc) is 2.83. The Balaban J connectivity index is 1.78. The Morgan fingerprint density at radius 1 is 0.441 bits per heavy atom. The molecule has 3 saturated heterocycles. The first-order chi connectivity index (χ1) is 16.0. The van der Waals surface area contributed by atoms with Gasteiger partial charge >= 0.3 is 0 Å². The van der Waals surface area contributed by atoms with Gasteiger partial charge in [-0.2, -0.15) is 0 Å². The molecule has 16 nitrogen and oxygen atoms in total. The van der Waals surface area contributed by atoms with Crippen LogP contribution in [-0.2, 0) is 23.7 Å². The molecule has 0 aliphatic carbocycles. The third-order valence-corrected chi connectivity index (χ3v) is 6.09. The van der Waals surface area contributed by atoms with Gasteiger partial charge in [0.05, 0.1) is 19.8 Å². The summed E-state index contributed by atoms with van der Waals surface area (Å²) in [5, 5.41) is 109. The molecule has 0 spiro atoms. The second-order valence-electron chi connectivity index (χ2n) is 8.33. The lowest BCUT2D eigenvalue weighted by molar-refractivity contribution is -0.378. The third-order valence-electron chi connectivity index (χ3n) is 6.09. The maximum absolute atomic E-state index is 10.8. The fourth-order valence-electron chi connectivity index (χ4n) is 4.05. The maximum Gasteiger partial charge on any atom is 0.187 e. The molecule has 1 unspecified atom stereocenters. The molecule has 3 aliphatic heterocycles. The molecule has 11 N–H and O–H groups in total. The van der Waals surface area contributed by atoms with Gasteiger partial charge in [0.25, 0.3) is 0 Å². The van der Waals surface area contributed by atoms with Crippen LogP contribution in [-0.4, -0.2) is 168 Å². The van der Waals surface area contributed by atoms with Crippen molar-refractivity contribution in [2.45, 2.75) is 92.1 Å². The largest absolute Gasteiger partial charge is 0.394 e. The summed E-state index contributed by atoms with van der Waals surface area (Å²) in [5.74, 6) is 0. The van der Waals surface area contributed by atoms with Gasteiger partial charge in [0.1, 0.15) is 73.2 Å². The van der Waals surface area contributed by atoms with Crippen LogP contribution in [0.3, 0.4) is 0 Å². The molecule has 0 aromatic rings. The average molecular weight is 504 g/mol. The van der Waals surface area contributed by atoms with Crippen LogP contribution in [0.4, 0.5) is 0 Å². The summed E-state index contributed by atoms with van der Waals surface area (Å²) in [5.41, 5.74) is 0. The molecule has 0 amide bonds. The maximum atomic E-state index is 10.8. The summed E-state index contributed by atoms with van der Waals surface area (Å²) in [6.07, 6.45) is -25.4. The lowest BCUT2D eigenvalue weighted by Crippen LogP contribution is -2.66. The van der Waals surface area contributed by atoms with E-state index >= 15 is 0 Å². The van der Waals surface area contributed by atoms with E-state index in [4.69, 9.17) is 23.7 Å². The van der Waals surface area contributed by atoms with Crippen molar-refractivity contribution in [1.29, 1.82) is 0 Å². The molecule has 200 valence electrons. The number of aliphatic hydroxyl groups is 11. The van der Waals surface area contributed by atoms with Crippen molar-refractivity contribution < 1.29 is 79.9 Å². The zero-order valence-corrected chi connectivity index (χ0v) is 17.7. The molecule has 0 bridgehead atoms. The first kappa shape index (κ1) is 27.9. The fraction of sp³-hybridized carbons (Fsp3) is 1.00. The van der Waals surface area contributed by atoms with E-state index in [1.54, 1.807) is 0 Å². The molecule has 0 radical (unpaired) electrons. The lowest BCUT2D eigenvalue weighted by atomic mass is 9.96. The summed E-state index contributed by atoms with van der Waals surface area (Å²) in [6, 6.07) is 0. The monoisotopic (exact) mass is 504 g/mol. The van der Waals surface area contributed by atoms with Crippen molar-refractivity contribution in [3.05, 3.63) is 0 Å². The predicted molar refractivity (Wildman–Crippen MR) is 101 cm³/mol. The quantitative estimate of drug-likeness (QED) is 0.154. The molecule has 15 atom stereocenters. The molecule has 3 fully saturated rings. The predicted octanol–water partition coefficient (Wildman–Crippen LogP) is -7.57. The van der Waals surface area contributed by atoms with E-state index in [-0.39, 0.29) is 0 Å². The van der Waals surface area contributed by atoms with Crippen LogP contribution in [0.25, 0.3) is 0 Å². The normalized spacial score (nSPS) is 52.5. The summed E-state index contributed by atoms with van der Waals surface area (Å²) in [7, 11) is 0. The Morgan fingerprint density at radius 3 is 1.50 bits per heavy atom. The molecule has 16 heteroatoms. The zero-order valence-electron chi connectivity index (χ0n) is 17.7. The Labute approximate surface area is 192 Å². The van der Waals surface area contributed by atoms with Gasteiger partial charge < -0.3 is 79.9 Å². The minimum atomic E-state index is -1.90. The van der Waals surface area contributed by atoms with E-state index in [1.807, 2.05) is 0 Å². The Kier molecular flexibility index (Phi) is 9.54. The molecular formula is C18H32O16. The number of hydrogen-bond donors (Lipinski definition) is 11. The van der Waals surface area contributed by atoms with Gasteiger partial charge in [-0.05, 0) is 0 Å². The molecule has 3 aliphatic rings. The van der Waals surface area contributed by atoms with Gasteiger partial charge in [0, 0.05) is 0 Å². The first-order valence-corrected chi connectivity index (χ1v) is 10.6. The smallest absolute Gasteiger partial charge is 0.187 e. The Hall–Kier alpha value is -0.640. The molecule has 0 aromatic carbocycles. The summed E-state index contributed by atoms with van der Waals surface area (Å²) in [6.45, 7) is -2.34. The Bertz CT molecular complexity index is 637. The van der Waals surface area contributed by atoms with E-state index in [1.165, 1.54) is 0 Å². The standard InChI is InChI=1S/C18H32O16/c19-1-4-7(22)9(24)12(27)17(31-4)34-15-8(23)5(2-20)32-18(13(15)28)33-14-6(3-21)30-16(29)11(26)10(14)25/h4-29H,1-3H2/t4-,5-,6-,7-,8-,9+,10-,11-,12-,13-,14-,15+,16-,17?,18-/m1/s1. The van der Waals surface area contributed by atoms with Crippen LogP contribution in [0, 0.1) is 0 Å². The van der Waals surface area contributed by atoms with Gasteiger partial charge in [0.15, 0.2) is 18.9 Å². The highest BCUT2D eigenvalue weighted by Crippen LogP contribution is 2.32. The van der Waals surface area contributed by atoms with Crippen LogP contribution in [0.1, 0.15) is 0 Å².